The van der Waals surface area contributed by atoms with Crippen LogP contribution in [0.2, 0.25) is 0 Å². The number of nitrogens with zero attached hydrogens (tertiary/aromatic N) is 4. The molecule has 6 nitrogen and oxygen atoms in total. The van der Waals surface area contributed by atoms with E-state index in [0.717, 1.165) is 0 Å². The third kappa shape index (κ3) is 1.51. The second kappa shape index (κ2) is 5.06. The van der Waals surface area contributed by atoms with Gasteiger partial charge in [0.2, 0.25) is 17.7 Å². The first-order chi connectivity index (χ1) is 11.9. The van der Waals surface area contributed by atoms with Crippen LogP contribution in [0.25, 0.3) is 0 Å². The number of halogens is 6. The third-order valence-electron chi connectivity index (χ3n) is 4.36. The van der Waals surface area contributed by atoms with Crippen molar-refractivity contribution in [1.82, 2.24) is 0 Å². The van der Waals surface area contributed by atoms with E-state index in [1.807, 2.05) is 0 Å². The van der Waals surface area contributed by atoms with Gasteiger partial charge in [-0.25, -0.2) is 26.3 Å². The number of fused-ring (bicyclic) bond motifs is 1. The van der Waals surface area contributed by atoms with Crippen LogP contribution < -0.4 is 0 Å². The molecule has 132 valence electrons. The number of nitriles is 4. The average molecular weight is 372 g/mol. The Morgan fingerprint density at radius 1 is 0.885 bits per heavy atom. The first-order valence-corrected chi connectivity index (χ1v) is 6.40. The molecule has 2 rings (SSSR count). The number of hydrogen-bond acceptors (Lipinski definition) is 6. The van der Waals surface area contributed by atoms with E-state index in [2.05, 4.69) is 0 Å². The summed E-state index contributed by atoms with van der Waals surface area (Å²) in [5.74, 6) is -8.22. The minimum Gasteiger partial charge on any atom is -0.293 e. The Labute approximate surface area is 140 Å². The molecule has 6 unspecified atom stereocenters. The van der Waals surface area contributed by atoms with Crippen LogP contribution in [0.5, 0.6) is 0 Å². The van der Waals surface area contributed by atoms with Crippen molar-refractivity contribution in [3.8, 4) is 24.3 Å². The van der Waals surface area contributed by atoms with Gasteiger partial charge in [0.25, 0.3) is 11.3 Å². The van der Waals surface area contributed by atoms with Gasteiger partial charge in [0.1, 0.15) is 24.0 Å². The molecule has 1 fully saturated rings. The van der Waals surface area contributed by atoms with Crippen molar-refractivity contribution in [3.63, 3.8) is 0 Å². The Morgan fingerprint density at radius 2 is 1.42 bits per heavy atom. The third-order valence-corrected chi connectivity index (χ3v) is 4.36. The number of alkyl halides is 5. The van der Waals surface area contributed by atoms with Crippen LogP contribution in [-0.2, 0) is 9.59 Å². The van der Waals surface area contributed by atoms with Gasteiger partial charge in [0, 0.05) is 0 Å². The predicted molar refractivity (Wildman–Crippen MR) is 64.3 cm³/mol. The van der Waals surface area contributed by atoms with Gasteiger partial charge in [-0.15, -0.1) is 0 Å². The quantitative estimate of drug-likeness (QED) is 0.589. The number of carbonyl (C=O) groups excluding carboxylic acids is 2. The molecule has 12 heteroatoms. The highest BCUT2D eigenvalue weighted by Gasteiger charge is 2.87. The first kappa shape index (κ1) is 19.0. The van der Waals surface area contributed by atoms with Crippen LogP contribution in [0.4, 0.5) is 26.3 Å². The molecule has 2 aliphatic rings. The molecule has 0 heterocycles. The number of ketones is 2. The lowest BCUT2D eigenvalue weighted by Gasteiger charge is -2.51. The maximum Gasteiger partial charge on any atom is 0.306 e. The highest BCUT2D eigenvalue weighted by molar-refractivity contribution is 6.09. The van der Waals surface area contributed by atoms with Gasteiger partial charge >= 0.3 is 5.67 Å². The fourth-order valence-corrected chi connectivity index (χ4v) is 3.06. The second-order valence-corrected chi connectivity index (χ2v) is 5.41. The zero-order chi connectivity index (χ0) is 20.3. The van der Waals surface area contributed by atoms with Gasteiger partial charge in [0.15, 0.2) is 11.6 Å². The molecule has 0 saturated heterocycles. The number of allylic oxidation sites excluding steroid dienone is 2. The molecule has 0 aliphatic heterocycles. The van der Waals surface area contributed by atoms with Crippen LogP contribution in [0.15, 0.2) is 11.4 Å². The van der Waals surface area contributed by atoms with E-state index in [9.17, 15) is 31.5 Å². The van der Waals surface area contributed by atoms with E-state index in [-0.39, 0.29) is 6.07 Å². The molecule has 0 bridgehead atoms. The lowest BCUT2D eigenvalue weighted by atomic mass is 9.48. The number of carbonyl (C=O) groups is 2. The van der Waals surface area contributed by atoms with Gasteiger partial charge in [-0.05, 0) is 0 Å². The molecule has 0 radical (unpaired) electrons. The van der Waals surface area contributed by atoms with Gasteiger partial charge < -0.3 is 0 Å². The Morgan fingerprint density at radius 3 is 1.81 bits per heavy atom. The molecule has 2 aliphatic carbocycles. The highest BCUT2D eigenvalue weighted by atomic mass is 19.2. The Kier molecular flexibility index (Phi) is 3.69. The number of hydrogen-bond donors (Lipinski definition) is 0. The highest BCUT2D eigenvalue weighted by Crippen LogP contribution is 2.63. The molecule has 0 aromatic carbocycles. The van der Waals surface area contributed by atoms with Crippen LogP contribution in [-0.4, -0.2) is 40.9 Å². The van der Waals surface area contributed by atoms with Crippen LogP contribution >= 0.6 is 0 Å². The lowest BCUT2D eigenvalue weighted by molar-refractivity contribution is -0.164. The standard InChI is InChI=1S/C14H2F6N4O2/c15-5-6(16)8-11(1-21,9(17)7(5)25)14(20,4-24)13(19,3-23)10(26)12(8,18)2-22/h5,9H. The first-order valence-electron chi connectivity index (χ1n) is 6.40. The molecule has 0 aromatic heterocycles. The van der Waals surface area contributed by atoms with Crippen molar-refractivity contribution < 1.29 is 35.9 Å². The van der Waals surface area contributed by atoms with E-state index < -0.39 is 57.7 Å². The van der Waals surface area contributed by atoms with Crippen molar-refractivity contribution in [2.45, 2.75) is 29.3 Å². The van der Waals surface area contributed by atoms with E-state index in [1.54, 1.807) is 0 Å². The summed E-state index contributed by atoms with van der Waals surface area (Å²) < 4.78 is 87.2. The van der Waals surface area contributed by atoms with Gasteiger partial charge in [-0.3, -0.25) is 9.59 Å². The molecular weight excluding hydrogens is 370 g/mol. The lowest BCUT2D eigenvalue weighted by Crippen LogP contribution is -2.76. The average Bonchev–Trinajstić information content (AvgIpc) is 2.65. The van der Waals surface area contributed by atoms with Gasteiger partial charge in [-0.1, -0.05) is 0 Å². The van der Waals surface area contributed by atoms with Gasteiger partial charge in [-0.2, -0.15) is 21.0 Å². The van der Waals surface area contributed by atoms with Crippen molar-refractivity contribution >= 4 is 11.6 Å². The maximum atomic E-state index is 15.2. The van der Waals surface area contributed by atoms with E-state index in [1.165, 1.54) is 0 Å². The maximum absolute atomic E-state index is 15.2. The SMILES string of the molecule is N#CC1(F)C(=O)C(F)(C#N)C(F)(C#N)C2(C#N)C1=C(F)C(F)C(=O)C2F. The Hall–Kier alpha value is -3.38. The second-order valence-electron chi connectivity index (χ2n) is 5.41. The minimum atomic E-state index is -4.99. The molecule has 1 saturated carbocycles. The molecule has 26 heavy (non-hydrogen) atoms. The predicted octanol–water partition coefficient (Wildman–Crippen LogP) is 1.26. The molecule has 0 aromatic rings. The molecular formula is C14H2F6N4O2. The fourth-order valence-electron chi connectivity index (χ4n) is 3.06. The van der Waals surface area contributed by atoms with Crippen molar-refractivity contribution in [2.75, 3.05) is 0 Å². The van der Waals surface area contributed by atoms with Crippen LogP contribution in [0, 0.1) is 50.7 Å². The summed E-state index contributed by atoms with van der Waals surface area (Å²) in [6.07, 6.45) is -7.54. The molecule has 6 atom stereocenters. The largest absolute Gasteiger partial charge is 0.306 e. The van der Waals surface area contributed by atoms with E-state index >= 15 is 4.39 Å². The zero-order valence-corrected chi connectivity index (χ0v) is 12.0. The molecule has 0 spiro atoms. The Balaban J connectivity index is 3.23. The van der Waals surface area contributed by atoms with E-state index in [0.29, 0.717) is 18.2 Å². The monoisotopic (exact) mass is 372 g/mol. The zero-order valence-electron chi connectivity index (χ0n) is 12.0. The number of Topliss-reactive ketones (excluding diaryl/α,β-unsaturated/α-hetero) is 2. The summed E-state index contributed by atoms with van der Waals surface area (Å²) in [5, 5.41) is 35.7. The fraction of sp³-hybridized carbons (Fsp3) is 0.429. The van der Waals surface area contributed by atoms with Crippen LogP contribution in [0.3, 0.4) is 0 Å². The summed E-state index contributed by atoms with van der Waals surface area (Å²) in [5.41, 5.74) is -21.6. The summed E-state index contributed by atoms with van der Waals surface area (Å²) >= 11 is 0. The molecule has 0 N–H and O–H groups in total. The Bertz CT molecular complexity index is 954. The van der Waals surface area contributed by atoms with E-state index in [4.69, 9.17) is 21.0 Å². The number of rotatable bonds is 0. The molecule has 0 amide bonds. The summed E-state index contributed by atoms with van der Waals surface area (Å²) in [6.45, 7) is 0. The van der Waals surface area contributed by atoms with Crippen molar-refractivity contribution in [3.05, 3.63) is 11.4 Å². The minimum absolute atomic E-state index is 0.242. The smallest absolute Gasteiger partial charge is 0.293 e. The summed E-state index contributed by atoms with van der Waals surface area (Å²) in [4.78, 5) is 23.4. The normalized spacial score (nSPS) is 45.0. The van der Waals surface area contributed by atoms with Crippen LogP contribution in [0.1, 0.15) is 0 Å². The van der Waals surface area contributed by atoms with Crippen molar-refractivity contribution in [1.29, 1.82) is 21.0 Å². The van der Waals surface area contributed by atoms with Gasteiger partial charge in [0.05, 0.1) is 11.6 Å². The van der Waals surface area contributed by atoms with Crippen molar-refractivity contribution in [2.24, 2.45) is 5.41 Å². The summed E-state index contributed by atoms with van der Waals surface area (Å²) in [7, 11) is 0. The topological polar surface area (TPSA) is 129 Å². The summed E-state index contributed by atoms with van der Waals surface area (Å²) in [6, 6.07) is 1.38.